The summed E-state index contributed by atoms with van der Waals surface area (Å²) < 4.78 is 4.92. The van der Waals surface area contributed by atoms with Gasteiger partial charge < -0.3 is 9.84 Å². The van der Waals surface area contributed by atoms with Gasteiger partial charge in [-0.25, -0.2) is 0 Å². The van der Waals surface area contributed by atoms with Gasteiger partial charge in [0.05, 0.1) is 6.42 Å². The van der Waals surface area contributed by atoms with Crippen LogP contribution in [-0.4, -0.2) is 11.1 Å². The molecule has 0 aliphatic heterocycles. The van der Waals surface area contributed by atoms with Crippen LogP contribution in [0, 0.1) is 6.92 Å². The molecule has 0 saturated heterocycles. The van der Waals surface area contributed by atoms with E-state index < -0.39 is 0 Å². The van der Waals surface area contributed by atoms with Crippen molar-refractivity contribution in [3.8, 4) is 0 Å². The van der Waals surface area contributed by atoms with Crippen molar-refractivity contribution in [2.75, 3.05) is 5.32 Å². The molecule has 0 atom stereocenters. The fraction of sp³-hybridized carbons (Fsp3) is 0.125. The van der Waals surface area contributed by atoms with Crippen molar-refractivity contribution in [2.45, 2.75) is 13.3 Å². The first-order chi connectivity index (χ1) is 9.72. The van der Waals surface area contributed by atoms with Gasteiger partial charge in [-0.15, -0.1) is 0 Å². The zero-order valence-electron chi connectivity index (χ0n) is 11.1. The van der Waals surface area contributed by atoms with E-state index in [0.29, 0.717) is 18.0 Å². The highest BCUT2D eigenvalue weighted by atomic mass is 16.5. The monoisotopic (exact) mass is 266 g/mol. The Bertz CT molecular complexity index is 757. The van der Waals surface area contributed by atoms with Gasteiger partial charge >= 0.3 is 0 Å². The molecule has 3 aromatic rings. The predicted molar refractivity (Wildman–Crippen MR) is 77.5 cm³/mol. The highest BCUT2D eigenvalue weighted by Crippen LogP contribution is 2.19. The number of hydrogen-bond acceptors (Lipinski definition) is 3. The molecule has 1 aromatic heterocycles. The van der Waals surface area contributed by atoms with Crippen LogP contribution in [0.25, 0.3) is 10.8 Å². The van der Waals surface area contributed by atoms with Gasteiger partial charge in [-0.05, 0) is 23.3 Å². The molecule has 0 bridgehead atoms. The van der Waals surface area contributed by atoms with Gasteiger partial charge in [0, 0.05) is 6.07 Å². The van der Waals surface area contributed by atoms with Crippen LogP contribution in [0.5, 0.6) is 0 Å². The lowest BCUT2D eigenvalue weighted by atomic mass is 10.0. The topological polar surface area (TPSA) is 55.1 Å². The maximum Gasteiger partial charge on any atom is 0.230 e. The van der Waals surface area contributed by atoms with Crippen molar-refractivity contribution in [1.82, 2.24) is 5.16 Å². The van der Waals surface area contributed by atoms with E-state index in [9.17, 15) is 4.79 Å². The summed E-state index contributed by atoms with van der Waals surface area (Å²) in [5.41, 5.74) is 1.00. The number of hydrogen-bond donors (Lipinski definition) is 1. The minimum absolute atomic E-state index is 0.102. The van der Waals surface area contributed by atoms with E-state index in [1.807, 2.05) is 42.5 Å². The van der Waals surface area contributed by atoms with E-state index in [0.717, 1.165) is 16.3 Å². The standard InChI is InChI=1S/C16H14N2O2/c1-11-9-15(18-20-11)17-16(19)10-13-7-4-6-12-5-2-3-8-14(12)13/h2-9H,10H2,1H3,(H,17,18,19). The number of anilines is 1. The molecule has 0 radical (unpaired) electrons. The Kier molecular flexibility index (Phi) is 3.21. The van der Waals surface area contributed by atoms with E-state index in [1.165, 1.54) is 0 Å². The second-order valence-corrected chi connectivity index (χ2v) is 4.69. The molecule has 3 rings (SSSR count). The van der Waals surface area contributed by atoms with E-state index >= 15 is 0 Å². The molecule has 0 saturated carbocycles. The van der Waals surface area contributed by atoms with E-state index in [2.05, 4.69) is 10.5 Å². The Labute approximate surface area is 116 Å². The summed E-state index contributed by atoms with van der Waals surface area (Å²) in [6.45, 7) is 1.79. The van der Waals surface area contributed by atoms with Crippen LogP contribution in [0.4, 0.5) is 5.82 Å². The highest BCUT2D eigenvalue weighted by molar-refractivity contribution is 5.95. The summed E-state index contributed by atoms with van der Waals surface area (Å²) in [5, 5.41) is 8.72. The number of aromatic nitrogens is 1. The van der Waals surface area contributed by atoms with Crippen molar-refractivity contribution in [1.29, 1.82) is 0 Å². The predicted octanol–water partition coefficient (Wildman–Crippen LogP) is 3.32. The van der Waals surface area contributed by atoms with Gasteiger partial charge in [0.1, 0.15) is 5.76 Å². The molecule has 1 amide bonds. The molecule has 0 aliphatic rings. The molecule has 100 valence electrons. The van der Waals surface area contributed by atoms with E-state index in [4.69, 9.17) is 4.52 Å². The molecule has 4 nitrogen and oxygen atoms in total. The molecule has 20 heavy (non-hydrogen) atoms. The molecular formula is C16H14N2O2. The van der Waals surface area contributed by atoms with Gasteiger partial charge in [0.15, 0.2) is 5.82 Å². The SMILES string of the molecule is Cc1cc(NC(=O)Cc2cccc3ccccc23)no1. The zero-order valence-corrected chi connectivity index (χ0v) is 11.1. The van der Waals surface area contributed by atoms with E-state index in [-0.39, 0.29) is 5.91 Å². The molecule has 0 fully saturated rings. The second-order valence-electron chi connectivity index (χ2n) is 4.69. The summed E-state index contributed by atoms with van der Waals surface area (Å²) in [6.07, 6.45) is 0.313. The Morgan fingerprint density at radius 2 is 2.00 bits per heavy atom. The molecule has 4 heteroatoms. The van der Waals surface area contributed by atoms with Crippen LogP contribution >= 0.6 is 0 Å². The molecule has 0 unspecified atom stereocenters. The fourth-order valence-corrected chi connectivity index (χ4v) is 2.23. The lowest BCUT2D eigenvalue weighted by molar-refractivity contribution is -0.115. The summed E-state index contributed by atoms with van der Waals surface area (Å²) in [6, 6.07) is 15.7. The molecule has 1 heterocycles. The highest BCUT2D eigenvalue weighted by Gasteiger charge is 2.09. The zero-order chi connectivity index (χ0) is 13.9. The van der Waals surface area contributed by atoms with E-state index in [1.54, 1.807) is 13.0 Å². The Morgan fingerprint density at radius 1 is 1.20 bits per heavy atom. The smallest absolute Gasteiger partial charge is 0.230 e. The maximum absolute atomic E-state index is 12.0. The maximum atomic E-state index is 12.0. The summed E-state index contributed by atoms with van der Waals surface area (Å²) in [5.74, 6) is 1.02. The van der Waals surface area contributed by atoms with Gasteiger partial charge in [-0.1, -0.05) is 47.6 Å². The Balaban J connectivity index is 1.81. The van der Waals surface area contributed by atoms with Crippen LogP contribution < -0.4 is 5.32 Å². The van der Waals surface area contributed by atoms with Crippen molar-refractivity contribution in [2.24, 2.45) is 0 Å². The van der Waals surface area contributed by atoms with Crippen molar-refractivity contribution < 1.29 is 9.32 Å². The summed E-state index contributed by atoms with van der Waals surface area (Å²) in [4.78, 5) is 12.0. The first-order valence-electron chi connectivity index (χ1n) is 6.42. The lowest BCUT2D eigenvalue weighted by Gasteiger charge is -2.06. The number of carbonyl (C=O) groups excluding carboxylic acids is 1. The Hall–Kier alpha value is -2.62. The number of rotatable bonds is 3. The van der Waals surface area contributed by atoms with Crippen molar-refractivity contribution in [3.63, 3.8) is 0 Å². The molecule has 2 aromatic carbocycles. The van der Waals surface area contributed by atoms with Crippen LogP contribution in [0.2, 0.25) is 0 Å². The van der Waals surface area contributed by atoms with Crippen LogP contribution in [0.1, 0.15) is 11.3 Å². The van der Waals surface area contributed by atoms with Gasteiger partial charge in [-0.3, -0.25) is 4.79 Å². The third kappa shape index (κ3) is 2.54. The van der Waals surface area contributed by atoms with Gasteiger partial charge in [0.25, 0.3) is 0 Å². The summed E-state index contributed by atoms with van der Waals surface area (Å²) >= 11 is 0. The number of nitrogens with zero attached hydrogens (tertiary/aromatic N) is 1. The van der Waals surface area contributed by atoms with Crippen LogP contribution in [-0.2, 0) is 11.2 Å². The third-order valence-corrected chi connectivity index (χ3v) is 3.13. The quantitative estimate of drug-likeness (QED) is 0.791. The van der Waals surface area contributed by atoms with Crippen molar-refractivity contribution in [3.05, 3.63) is 59.9 Å². The molecule has 0 spiro atoms. The fourth-order valence-electron chi connectivity index (χ4n) is 2.23. The van der Waals surface area contributed by atoms with Crippen LogP contribution in [0.3, 0.4) is 0 Å². The molecular weight excluding hydrogens is 252 g/mol. The normalized spacial score (nSPS) is 10.7. The van der Waals surface area contributed by atoms with Gasteiger partial charge in [-0.2, -0.15) is 0 Å². The van der Waals surface area contributed by atoms with Crippen molar-refractivity contribution >= 4 is 22.5 Å². The minimum Gasteiger partial charge on any atom is -0.360 e. The summed E-state index contributed by atoms with van der Waals surface area (Å²) in [7, 11) is 0. The second kappa shape index (κ2) is 5.17. The first kappa shape index (κ1) is 12.4. The third-order valence-electron chi connectivity index (χ3n) is 3.13. The average molecular weight is 266 g/mol. The number of carbonyl (C=O) groups is 1. The number of benzene rings is 2. The largest absolute Gasteiger partial charge is 0.360 e. The lowest BCUT2D eigenvalue weighted by Crippen LogP contribution is -2.14. The van der Waals surface area contributed by atoms with Gasteiger partial charge in [0.2, 0.25) is 5.91 Å². The first-order valence-corrected chi connectivity index (χ1v) is 6.42. The number of nitrogens with one attached hydrogen (secondary N) is 1. The minimum atomic E-state index is -0.102. The Morgan fingerprint density at radius 3 is 2.80 bits per heavy atom. The number of fused-ring (bicyclic) bond motifs is 1. The van der Waals surface area contributed by atoms with Crippen LogP contribution in [0.15, 0.2) is 53.1 Å². The average Bonchev–Trinajstić information content (AvgIpc) is 2.84. The molecule has 0 aliphatic carbocycles. The number of amides is 1. The molecule has 1 N–H and O–H groups in total. The number of aryl methyl sites for hydroxylation is 1.